The molecule has 0 aliphatic heterocycles. The van der Waals surface area contributed by atoms with E-state index in [0.29, 0.717) is 36.4 Å². The molecule has 0 fully saturated rings. The molecule has 166 valence electrons. The van der Waals surface area contributed by atoms with Crippen molar-refractivity contribution >= 4 is 17.5 Å². The summed E-state index contributed by atoms with van der Waals surface area (Å²) in [6.45, 7) is 5.14. The molecule has 2 amide bonds. The van der Waals surface area contributed by atoms with Gasteiger partial charge in [0.05, 0.1) is 0 Å². The Labute approximate surface area is 188 Å². The molecule has 6 heteroatoms. The maximum atomic E-state index is 13.7. The zero-order valence-electron chi connectivity index (χ0n) is 18.3. The van der Waals surface area contributed by atoms with Crippen LogP contribution in [0.4, 0.5) is 10.1 Å². The second-order valence-corrected chi connectivity index (χ2v) is 8.56. The quantitative estimate of drug-likeness (QED) is 0.540. The molecular weight excluding hydrogens is 405 g/mol. The molecule has 0 bridgehead atoms. The van der Waals surface area contributed by atoms with E-state index >= 15 is 0 Å². The molecule has 3 rings (SSSR count). The van der Waals surface area contributed by atoms with Crippen LogP contribution in [0.15, 0.2) is 78.9 Å². The molecule has 0 unspecified atom stereocenters. The predicted octanol–water partition coefficient (Wildman–Crippen LogP) is 4.71. The van der Waals surface area contributed by atoms with Crippen molar-refractivity contribution in [3.8, 4) is 0 Å². The Hall–Kier alpha value is -3.51. The van der Waals surface area contributed by atoms with Crippen LogP contribution in [0.3, 0.4) is 0 Å². The van der Waals surface area contributed by atoms with E-state index < -0.39 is 5.82 Å². The predicted molar refractivity (Wildman–Crippen MR) is 125 cm³/mol. The number of anilines is 1. The van der Waals surface area contributed by atoms with Gasteiger partial charge in [-0.25, -0.2) is 4.39 Å². The molecule has 3 aromatic carbocycles. The third-order valence-corrected chi connectivity index (χ3v) is 5.15. The summed E-state index contributed by atoms with van der Waals surface area (Å²) in [5.41, 5.74) is 8.01. The van der Waals surface area contributed by atoms with Gasteiger partial charge in [0.1, 0.15) is 5.82 Å². The number of carbonyl (C=O) groups is 2. The van der Waals surface area contributed by atoms with Crippen LogP contribution in [0.25, 0.3) is 0 Å². The van der Waals surface area contributed by atoms with E-state index in [4.69, 9.17) is 5.73 Å². The number of nitrogens with two attached hydrogens (primary N) is 1. The molecule has 0 radical (unpaired) electrons. The van der Waals surface area contributed by atoms with Crippen LogP contribution in [0, 0.1) is 11.2 Å². The minimum Gasteiger partial charge on any atom is -0.334 e. The molecule has 0 spiro atoms. The minimum absolute atomic E-state index is 0.189. The molecule has 3 aromatic rings. The molecule has 32 heavy (non-hydrogen) atoms. The lowest BCUT2D eigenvalue weighted by molar-refractivity contribution is 0.0672. The monoisotopic (exact) mass is 433 g/mol. The summed E-state index contributed by atoms with van der Waals surface area (Å²) in [5, 5.41) is 2.86. The van der Waals surface area contributed by atoms with Crippen LogP contribution < -0.4 is 11.1 Å². The topological polar surface area (TPSA) is 75.4 Å². The Bertz CT molecular complexity index is 1070. The first-order valence-corrected chi connectivity index (χ1v) is 10.5. The SMILES string of the molecule is CC(C)(CN)CN(Cc1ccc(NC(=O)c2ccccc2)cc1)C(=O)c1cccc(F)c1. The highest BCUT2D eigenvalue weighted by molar-refractivity contribution is 6.04. The van der Waals surface area contributed by atoms with Gasteiger partial charge in [0.15, 0.2) is 0 Å². The van der Waals surface area contributed by atoms with Crippen molar-refractivity contribution in [2.24, 2.45) is 11.1 Å². The van der Waals surface area contributed by atoms with E-state index in [0.717, 1.165) is 5.56 Å². The Morgan fingerprint density at radius 2 is 1.59 bits per heavy atom. The lowest BCUT2D eigenvalue weighted by Crippen LogP contribution is -2.41. The Kier molecular flexibility index (Phi) is 7.38. The molecule has 0 atom stereocenters. The van der Waals surface area contributed by atoms with Crippen LogP contribution in [0.1, 0.15) is 40.1 Å². The van der Waals surface area contributed by atoms with Gasteiger partial charge in [-0.15, -0.1) is 0 Å². The van der Waals surface area contributed by atoms with Gasteiger partial charge >= 0.3 is 0 Å². The summed E-state index contributed by atoms with van der Waals surface area (Å²) in [6.07, 6.45) is 0. The number of hydrogen-bond donors (Lipinski definition) is 2. The third kappa shape index (κ3) is 6.25. The number of nitrogens with one attached hydrogen (secondary N) is 1. The van der Waals surface area contributed by atoms with Gasteiger partial charge in [-0.05, 0) is 60.0 Å². The van der Waals surface area contributed by atoms with Crippen LogP contribution >= 0.6 is 0 Å². The van der Waals surface area contributed by atoms with Crippen LogP contribution in [0.5, 0.6) is 0 Å². The zero-order valence-corrected chi connectivity index (χ0v) is 18.3. The van der Waals surface area contributed by atoms with Gasteiger partial charge in [0.2, 0.25) is 0 Å². The first-order chi connectivity index (χ1) is 15.3. The summed E-state index contributed by atoms with van der Waals surface area (Å²) in [7, 11) is 0. The van der Waals surface area contributed by atoms with Gasteiger partial charge in [-0.2, -0.15) is 0 Å². The minimum atomic E-state index is -0.451. The number of rotatable bonds is 8. The van der Waals surface area contributed by atoms with Crippen molar-refractivity contribution in [1.29, 1.82) is 0 Å². The molecule has 5 nitrogen and oxygen atoms in total. The molecule has 0 aromatic heterocycles. The van der Waals surface area contributed by atoms with Gasteiger partial charge in [-0.1, -0.05) is 50.2 Å². The number of halogens is 1. The first-order valence-electron chi connectivity index (χ1n) is 10.5. The smallest absolute Gasteiger partial charge is 0.255 e. The normalized spacial score (nSPS) is 11.1. The van der Waals surface area contributed by atoms with Crippen molar-refractivity contribution in [3.05, 3.63) is 101 Å². The van der Waals surface area contributed by atoms with E-state index in [1.807, 2.05) is 44.2 Å². The van der Waals surface area contributed by atoms with Crippen molar-refractivity contribution in [3.63, 3.8) is 0 Å². The molecule has 0 aliphatic carbocycles. The van der Waals surface area contributed by atoms with Gasteiger partial charge in [0.25, 0.3) is 11.8 Å². The highest BCUT2D eigenvalue weighted by Gasteiger charge is 2.25. The average molecular weight is 434 g/mol. The standard InChI is InChI=1S/C26H28FN3O2/c1-26(2,17-28)18-30(25(32)21-9-6-10-22(27)15-21)16-19-11-13-23(14-12-19)29-24(31)20-7-4-3-5-8-20/h3-15H,16-18,28H2,1-2H3,(H,29,31). The fourth-order valence-corrected chi connectivity index (χ4v) is 3.29. The van der Waals surface area contributed by atoms with E-state index in [9.17, 15) is 14.0 Å². The summed E-state index contributed by atoms with van der Waals surface area (Å²) >= 11 is 0. The number of carbonyl (C=O) groups excluding carboxylic acids is 2. The van der Waals surface area contributed by atoms with Gasteiger partial charge < -0.3 is 16.0 Å². The lowest BCUT2D eigenvalue weighted by atomic mass is 9.92. The second kappa shape index (κ2) is 10.2. The van der Waals surface area contributed by atoms with E-state index in [2.05, 4.69) is 5.32 Å². The zero-order chi connectivity index (χ0) is 23.1. The highest BCUT2D eigenvalue weighted by Crippen LogP contribution is 2.21. The maximum Gasteiger partial charge on any atom is 0.255 e. The van der Waals surface area contributed by atoms with E-state index in [1.54, 1.807) is 35.2 Å². The number of amides is 2. The molecule has 0 saturated heterocycles. The Balaban J connectivity index is 1.75. The summed E-state index contributed by atoms with van der Waals surface area (Å²) in [4.78, 5) is 27.1. The molecular formula is C26H28FN3O2. The molecule has 0 saturated carbocycles. The van der Waals surface area contributed by atoms with Crippen LogP contribution in [-0.2, 0) is 6.54 Å². The molecule has 0 aliphatic rings. The fourth-order valence-electron chi connectivity index (χ4n) is 3.29. The van der Waals surface area contributed by atoms with Crippen LogP contribution in [-0.4, -0.2) is 29.8 Å². The van der Waals surface area contributed by atoms with Crippen LogP contribution in [0.2, 0.25) is 0 Å². The second-order valence-electron chi connectivity index (χ2n) is 8.56. The van der Waals surface area contributed by atoms with Crippen molar-refractivity contribution in [1.82, 2.24) is 4.90 Å². The van der Waals surface area contributed by atoms with E-state index in [1.165, 1.54) is 18.2 Å². The van der Waals surface area contributed by atoms with Crippen molar-refractivity contribution < 1.29 is 14.0 Å². The van der Waals surface area contributed by atoms with Crippen molar-refractivity contribution in [2.75, 3.05) is 18.4 Å². The third-order valence-electron chi connectivity index (χ3n) is 5.15. The lowest BCUT2D eigenvalue weighted by Gasteiger charge is -2.32. The molecule has 3 N–H and O–H groups in total. The Morgan fingerprint density at radius 1 is 0.938 bits per heavy atom. The first kappa shape index (κ1) is 23.2. The number of hydrogen-bond acceptors (Lipinski definition) is 3. The highest BCUT2D eigenvalue weighted by atomic mass is 19.1. The van der Waals surface area contributed by atoms with Gasteiger partial charge in [-0.3, -0.25) is 9.59 Å². The summed E-state index contributed by atoms with van der Waals surface area (Å²) < 4.78 is 13.7. The average Bonchev–Trinajstić information content (AvgIpc) is 2.80. The molecule has 0 heterocycles. The number of nitrogens with zero attached hydrogens (tertiary/aromatic N) is 1. The van der Waals surface area contributed by atoms with Gasteiger partial charge in [0, 0.05) is 29.9 Å². The summed E-state index contributed by atoms with van der Waals surface area (Å²) in [6, 6.07) is 22.0. The maximum absolute atomic E-state index is 13.7. The van der Waals surface area contributed by atoms with Crippen molar-refractivity contribution in [2.45, 2.75) is 20.4 Å². The van der Waals surface area contributed by atoms with E-state index in [-0.39, 0.29) is 17.2 Å². The Morgan fingerprint density at radius 3 is 2.22 bits per heavy atom. The fraction of sp³-hybridized carbons (Fsp3) is 0.231. The largest absolute Gasteiger partial charge is 0.334 e. The summed E-state index contributed by atoms with van der Waals surface area (Å²) in [5.74, 6) is -0.897. The number of benzene rings is 3.